The standard InChI is InChI=1S/C9H15N2O/c1-8(2)5-11-4-3-9(12,6-10)7-11/h12H,3-5,7H2,1-2H3. The maximum atomic E-state index is 9.57. The molecule has 1 unspecified atom stereocenters. The Hall–Kier alpha value is -0.590. The summed E-state index contributed by atoms with van der Waals surface area (Å²) in [6, 6.07) is 1.95. The van der Waals surface area contributed by atoms with Gasteiger partial charge in [-0.25, -0.2) is 0 Å². The molecule has 1 radical (unpaired) electrons. The zero-order valence-corrected chi connectivity index (χ0v) is 7.67. The molecule has 12 heavy (non-hydrogen) atoms. The van der Waals surface area contributed by atoms with E-state index < -0.39 is 5.60 Å². The average Bonchev–Trinajstić information content (AvgIpc) is 2.32. The van der Waals surface area contributed by atoms with Crippen LogP contribution in [0.3, 0.4) is 0 Å². The van der Waals surface area contributed by atoms with Gasteiger partial charge in [-0.1, -0.05) is 13.8 Å². The first-order valence-corrected chi connectivity index (χ1v) is 4.21. The van der Waals surface area contributed by atoms with Gasteiger partial charge in [-0.3, -0.25) is 4.90 Å². The quantitative estimate of drug-likeness (QED) is 0.611. The molecule has 1 heterocycles. The van der Waals surface area contributed by atoms with E-state index in [1.807, 2.05) is 6.07 Å². The second-order valence-corrected chi connectivity index (χ2v) is 3.81. The summed E-state index contributed by atoms with van der Waals surface area (Å²) in [6.45, 7) is 6.33. The molecule has 1 saturated heterocycles. The van der Waals surface area contributed by atoms with Crippen LogP contribution in [-0.4, -0.2) is 35.2 Å². The minimum Gasteiger partial charge on any atom is -0.374 e. The summed E-state index contributed by atoms with van der Waals surface area (Å²) in [5.41, 5.74) is -1.09. The molecular weight excluding hydrogens is 152 g/mol. The first kappa shape index (κ1) is 9.50. The van der Waals surface area contributed by atoms with Gasteiger partial charge in [-0.2, -0.15) is 5.26 Å². The van der Waals surface area contributed by atoms with Crippen molar-refractivity contribution in [2.45, 2.75) is 25.9 Å². The molecule has 1 atom stereocenters. The van der Waals surface area contributed by atoms with E-state index >= 15 is 0 Å². The number of nitrogens with zero attached hydrogens (tertiary/aromatic N) is 2. The van der Waals surface area contributed by atoms with E-state index in [1.165, 1.54) is 5.92 Å². The van der Waals surface area contributed by atoms with Crippen LogP contribution in [0.2, 0.25) is 0 Å². The predicted octanol–water partition coefficient (Wildman–Crippen LogP) is 0.561. The summed E-state index contributed by atoms with van der Waals surface area (Å²) in [5.74, 6) is 1.32. The SMILES string of the molecule is C[C](C)CN1CCC(O)(C#N)C1. The topological polar surface area (TPSA) is 47.3 Å². The van der Waals surface area contributed by atoms with Crippen LogP contribution in [0.1, 0.15) is 20.3 Å². The highest BCUT2D eigenvalue weighted by atomic mass is 16.3. The molecule has 0 aliphatic carbocycles. The molecule has 0 bridgehead atoms. The average molecular weight is 167 g/mol. The molecule has 3 nitrogen and oxygen atoms in total. The third kappa shape index (κ3) is 2.20. The van der Waals surface area contributed by atoms with Crippen LogP contribution in [0.4, 0.5) is 0 Å². The van der Waals surface area contributed by atoms with Crippen molar-refractivity contribution in [3.63, 3.8) is 0 Å². The van der Waals surface area contributed by atoms with Crippen LogP contribution in [0.25, 0.3) is 0 Å². The lowest BCUT2D eigenvalue weighted by Gasteiger charge is -2.18. The largest absolute Gasteiger partial charge is 0.374 e. The zero-order valence-electron chi connectivity index (χ0n) is 7.67. The molecule has 0 saturated carbocycles. The molecule has 1 rings (SSSR count). The normalized spacial score (nSPS) is 30.9. The van der Waals surface area contributed by atoms with Crippen LogP contribution in [-0.2, 0) is 0 Å². The third-order valence-electron chi connectivity index (χ3n) is 2.07. The van der Waals surface area contributed by atoms with Crippen molar-refractivity contribution in [1.82, 2.24) is 4.90 Å². The predicted molar refractivity (Wildman–Crippen MR) is 46.2 cm³/mol. The van der Waals surface area contributed by atoms with Gasteiger partial charge in [0.1, 0.15) is 0 Å². The Bertz CT molecular complexity index is 197. The van der Waals surface area contributed by atoms with E-state index in [0.717, 1.165) is 13.1 Å². The summed E-state index contributed by atoms with van der Waals surface area (Å²) >= 11 is 0. The number of hydrogen-bond donors (Lipinski definition) is 1. The van der Waals surface area contributed by atoms with Crippen molar-refractivity contribution >= 4 is 0 Å². The van der Waals surface area contributed by atoms with Crippen molar-refractivity contribution in [2.75, 3.05) is 19.6 Å². The van der Waals surface area contributed by atoms with Gasteiger partial charge in [0.05, 0.1) is 6.07 Å². The monoisotopic (exact) mass is 167 g/mol. The molecular formula is C9H15N2O. The molecule has 3 heteroatoms. The Labute approximate surface area is 73.6 Å². The zero-order chi connectivity index (χ0) is 9.19. The second kappa shape index (κ2) is 3.42. The Kier molecular flexibility index (Phi) is 2.71. The van der Waals surface area contributed by atoms with Gasteiger partial charge in [0.25, 0.3) is 0 Å². The third-order valence-corrected chi connectivity index (χ3v) is 2.07. The van der Waals surface area contributed by atoms with Gasteiger partial charge in [-0.05, 0) is 5.92 Å². The van der Waals surface area contributed by atoms with E-state index in [-0.39, 0.29) is 0 Å². The van der Waals surface area contributed by atoms with Gasteiger partial charge >= 0.3 is 0 Å². The number of aliphatic hydroxyl groups is 1. The van der Waals surface area contributed by atoms with E-state index in [1.54, 1.807) is 0 Å². The highest BCUT2D eigenvalue weighted by Gasteiger charge is 2.35. The van der Waals surface area contributed by atoms with Crippen LogP contribution in [0.5, 0.6) is 0 Å². The summed E-state index contributed by atoms with van der Waals surface area (Å²) in [4.78, 5) is 2.11. The number of hydrogen-bond acceptors (Lipinski definition) is 3. The number of β-amino-alcohol motifs (C(OH)–C–C–N with tert-alkyl or cyclic N) is 1. The molecule has 1 fully saturated rings. The Balaban J connectivity index is 2.42. The Morgan fingerprint density at radius 3 is 2.75 bits per heavy atom. The van der Waals surface area contributed by atoms with E-state index in [4.69, 9.17) is 5.26 Å². The van der Waals surface area contributed by atoms with Crippen molar-refractivity contribution < 1.29 is 5.11 Å². The van der Waals surface area contributed by atoms with Crippen molar-refractivity contribution in [3.05, 3.63) is 5.92 Å². The van der Waals surface area contributed by atoms with Crippen LogP contribution >= 0.6 is 0 Å². The molecule has 0 aromatic heterocycles. The molecule has 0 spiro atoms. The fraction of sp³-hybridized carbons (Fsp3) is 0.778. The molecule has 1 aliphatic heterocycles. The summed E-state index contributed by atoms with van der Waals surface area (Å²) in [6.07, 6.45) is 0.580. The van der Waals surface area contributed by atoms with Gasteiger partial charge in [-0.15, -0.1) is 0 Å². The fourth-order valence-electron chi connectivity index (χ4n) is 1.54. The lowest BCUT2D eigenvalue weighted by molar-refractivity contribution is 0.107. The maximum Gasteiger partial charge on any atom is 0.164 e. The molecule has 1 N–H and O–H groups in total. The molecule has 67 valence electrons. The van der Waals surface area contributed by atoms with Gasteiger partial charge in [0.2, 0.25) is 0 Å². The number of likely N-dealkylation sites (tertiary alicyclic amines) is 1. The molecule has 0 aromatic carbocycles. The lowest BCUT2D eigenvalue weighted by Crippen LogP contribution is -2.32. The minimum absolute atomic E-state index is 0.495. The highest BCUT2D eigenvalue weighted by molar-refractivity contribution is 5.07. The van der Waals surface area contributed by atoms with Crippen LogP contribution in [0.15, 0.2) is 0 Å². The first-order valence-electron chi connectivity index (χ1n) is 4.21. The van der Waals surface area contributed by atoms with E-state index in [2.05, 4.69) is 18.7 Å². The minimum atomic E-state index is -1.09. The van der Waals surface area contributed by atoms with Crippen molar-refractivity contribution in [2.24, 2.45) is 0 Å². The summed E-state index contributed by atoms with van der Waals surface area (Å²) < 4.78 is 0. The molecule has 0 aromatic rings. The first-order chi connectivity index (χ1) is 5.56. The highest BCUT2D eigenvalue weighted by Crippen LogP contribution is 2.21. The smallest absolute Gasteiger partial charge is 0.164 e. The summed E-state index contributed by atoms with van der Waals surface area (Å²) in [7, 11) is 0. The van der Waals surface area contributed by atoms with Crippen molar-refractivity contribution in [3.8, 4) is 6.07 Å². The van der Waals surface area contributed by atoms with Gasteiger partial charge in [0.15, 0.2) is 5.60 Å². The Morgan fingerprint density at radius 2 is 2.33 bits per heavy atom. The second-order valence-electron chi connectivity index (χ2n) is 3.81. The fourth-order valence-corrected chi connectivity index (χ4v) is 1.54. The summed E-state index contributed by atoms with van der Waals surface area (Å²) in [5, 5.41) is 18.2. The van der Waals surface area contributed by atoms with Crippen LogP contribution < -0.4 is 0 Å². The molecule has 1 aliphatic rings. The maximum absolute atomic E-state index is 9.57. The molecule has 0 amide bonds. The van der Waals surface area contributed by atoms with Gasteiger partial charge < -0.3 is 5.11 Å². The number of rotatable bonds is 2. The van der Waals surface area contributed by atoms with Gasteiger partial charge in [0, 0.05) is 26.1 Å². The van der Waals surface area contributed by atoms with Crippen molar-refractivity contribution in [1.29, 1.82) is 5.26 Å². The van der Waals surface area contributed by atoms with E-state index in [0.29, 0.717) is 13.0 Å². The Morgan fingerprint density at radius 1 is 1.67 bits per heavy atom. The number of nitriles is 1. The lowest BCUT2D eigenvalue weighted by atomic mass is 10.1. The van der Waals surface area contributed by atoms with E-state index in [9.17, 15) is 5.11 Å². The van der Waals surface area contributed by atoms with Crippen LogP contribution in [0, 0.1) is 17.2 Å².